The quantitative estimate of drug-likeness (QED) is 0.492. The molecule has 180 valence electrons. The third-order valence-corrected chi connectivity index (χ3v) is 7.18. The number of nitrogens with one attached hydrogen (secondary N) is 1. The van der Waals surface area contributed by atoms with Crippen molar-refractivity contribution >= 4 is 17.2 Å². The molecule has 0 aliphatic carbocycles. The highest BCUT2D eigenvalue weighted by atomic mass is 32.1. The average molecular weight is 483 g/mol. The van der Waals surface area contributed by atoms with E-state index in [0.29, 0.717) is 43.4 Å². The van der Waals surface area contributed by atoms with E-state index in [1.54, 1.807) is 21.3 Å². The van der Waals surface area contributed by atoms with E-state index in [1.807, 2.05) is 41.8 Å². The number of amides is 1. The van der Waals surface area contributed by atoms with Crippen LogP contribution in [0.1, 0.15) is 39.5 Å². The molecule has 0 atom stereocenters. The molecule has 2 aromatic carbocycles. The highest BCUT2D eigenvalue weighted by Gasteiger charge is 2.36. The number of hydrogen-bond acceptors (Lipinski definition) is 7. The van der Waals surface area contributed by atoms with Gasteiger partial charge in [0, 0.05) is 37.0 Å². The molecule has 1 saturated heterocycles. The summed E-state index contributed by atoms with van der Waals surface area (Å²) in [6.07, 6.45) is 2.29. The highest BCUT2D eigenvalue weighted by molar-refractivity contribution is 7.09. The molecule has 7 nitrogen and oxygen atoms in total. The Morgan fingerprint density at radius 2 is 1.76 bits per heavy atom. The number of carbonyl (C=O) groups excluding carboxylic acids is 1. The minimum atomic E-state index is -0.241. The van der Waals surface area contributed by atoms with Crippen LogP contribution in [0, 0.1) is 0 Å². The summed E-state index contributed by atoms with van der Waals surface area (Å²) in [7, 11) is 4.90. The molecular formula is C26H30N2O5S. The lowest BCUT2D eigenvalue weighted by Gasteiger charge is -2.38. The van der Waals surface area contributed by atoms with Gasteiger partial charge in [-0.3, -0.25) is 4.79 Å². The van der Waals surface area contributed by atoms with Crippen LogP contribution in [0.4, 0.5) is 0 Å². The first-order valence-corrected chi connectivity index (χ1v) is 12.1. The van der Waals surface area contributed by atoms with Gasteiger partial charge in [-0.25, -0.2) is 4.98 Å². The van der Waals surface area contributed by atoms with Crippen LogP contribution in [0.3, 0.4) is 0 Å². The fraction of sp³-hybridized carbons (Fsp3) is 0.385. The summed E-state index contributed by atoms with van der Waals surface area (Å²) in [5, 5.41) is 5.85. The van der Waals surface area contributed by atoms with E-state index in [0.717, 1.165) is 34.7 Å². The minimum Gasteiger partial charge on any atom is -0.497 e. The molecule has 1 N–H and O–H groups in total. The molecule has 0 unspecified atom stereocenters. The molecule has 1 aliphatic rings. The van der Waals surface area contributed by atoms with Crippen LogP contribution in [-0.2, 0) is 16.6 Å². The van der Waals surface area contributed by atoms with Gasteiger partial charge in [-0.2, -0.15) is 0 Å². The minimum absolute atomic E-state index is 0.163. The fourth-order valence-electron chi connectivity index (χ4n) is 4.25. The summed E-state index contributed by atoms with van der Waals surface area (Å²) >= 11 is 1.49. The number of thiazole rings is 1. The molecule has 1 aromatic heterocycles. The lowest BCUT2D eigenvalue weighted by Crippen LogP contribution is -2.44. The number of methoxy groups -OCH3 is 3. The van der Waals surface area contributed by atoms with Crippen molar-refractivity contribution in [2.45, 2.75) is 24.7 Å². The van der Waals surface area contributed by atoms with E-state index in [-0.39, 0.29) is 11.3 Å². The Morgan fingerprint density at radius 3 is 2.44 bits per heavy atom. The number of ether oxygens (including phenoxy) is 4. The van der Waals surface area contributed by atoms with Gasteiger partial charge in [0.25, 0.3) is 5.91 Å². The number of rotatable bonds is 9. The fourth-order valence-corrected chi connectivity index (χ4v) is 5.06. The van der Waals surface area contributed by atoms with Gasteiger partial charge in [-0.05, 0) is 48.2 Å². The molecule has 1 fully saturated rings. The van der Waals surface area contributed by atoms with E-state index < -0.39 is 0 Å². The normalized spacial score (nSPS) is 14.9. The molecule has 0 saturated carbocycles. The molecule has 2 heterocycles. The van der Waals surface area contributed by atoms with Gasteiger partial charge in [0.2, 0.25) is 0 Å². The number of aromatic nitrogens is 1. The Balaban J connectivity index is 1.45. The molecule has 4 rings (SSSR count). The molecule has 1 aliphatic heterocycles. The Labute approximate surface area is 204 Å². The summed E-state index contributed by atoms with van der Waals surface area (Å²) in [5.41, 5.74) is 2.43. The van der Waals surface area contributed by atoms with E-state index in [2.05, 4.69) is 16.4 Å². The number of nitrogens with zero attached hydrogens (tertiary/aromatic N) is 1. The van der Waals surface area contributed by atoms with Crippen molar-refractivity contribution in [2.75, 3.05) is 41.1 Å². The third-order valence-electron chi connectivity index (χ3n) is 6.33. The Bertz CT molecular complexity index is 1110. The third kappa shape index (κ3) is 5.34. The predicted octanol–water partition coefficient (Wildman–Crippen LogP) is 4.24. The number of carbonyl (C=O) groups is 1. The molecule has 34 heavy (non-hydrogen) atoms. The summed E-state index contributed by atoms with van der Waals surface area (Å²) in [4.78, 5) is 17.5. The Morgan fingerprint density at radius 1 is 1.03 bits per heavy atom. The second-order valence-electron chi connectivity index (χ2n) is 8.30. The van der Waals surface area contributed by atoms with E-state index in [4.69, 9.17) is 18.9 Å². The van der Waals surface area contributed by atoms with E-state index in [9.17, 15) is 4.79 Å². The molecular weight excluding hydrogens is 452 g/mol. The van der Waals surface area contributed by atoms with Gasteiger partial charge in [0.1, 0.15) is 11.4 Å². The van der Waals surface area contributed by atoms with Gasteiger partial charge in [0.05, 0.1) is 26.3 Å². The van der Waals surface area contributed by atoms with Crippen molar-refractivity contribution in [1.82, 2.24) is 10.3 Å². The molecule has 3 aromatic rings. The zero-order valence-electron chi connectivity index (χ0n) is 19.8. The van der Waals surface area contributed by atoms with Crippen LogP contribution in [0.5, 0.6) is 17.2 Å². The summed E-state index contributed by atoms with van der Waals surface area (Å²) in [6.45, 7) is 1.79. The first-order valence-electron chi connectivity index (χ1n) is 11.2. The largest absolute Gasteiger partial charge is 0.497 e. The lowest BCUT2D eigenvalue weighted by atomic mass is 9.74. The van der Waals surface area contributed by atoms with E-state index >= 15 is 0 Å². The Hall–Kier alpha value is -3.10. The lowest BCUT2D eigenvalue weighted by molar-refractivity contribution is 0.0486. The zero-order valence-corrected chi connectivity index (χ0v) is 20.6. The van der Waals surface area contributed by atoms with Crippen molar-refractivity contribution in [3.05, 3.63) is 69.7 Å². The Kier molecular flexibility index (Phi) is 7.70. The standard InChI is InChI=1S/C26H30N2O5S/c1-30-20-7-4-18(5-8-20)14-24-28-21(16-34-24)25(29)27-17-26(10-12-33-13-11-26)19-6-9-22(31-2)23(15-19)32-3/h4-9,15-16H,10-14,17H2,1-3H3,(H,27,29). The maximum absolute atomic E-state index is 13.0. The van der Waals surface area contributed by atoms with Gasteiger partial charge in [-0.1, -0.05) is 18.2 Å². The van der Waals surface area contributed by atoms with Crippen LogP contribution in [0.25, 0.3) is 0 Å². The van der Waals surface area contributed by atoms with Gasteiger partial charge in [0.15, 0.2) is 11.5 Å². The van der Waals surface area contributed by atoms with Crippen LogP contribution in [0.15, 0.2) is 47.8 Å². The van der Waals surface area contributed by atoms with Crippen LogP contribution in [0.2, 0.25) is 0 Å². The van der Waals surface area contributed by atoms with Crippen molar-refractivity contribution in [2.24, 2.45) is 0 Å². The predicted molar refractivity (Wildman–Crippen MR) is 132 cm³/mol. The summed E-state index contributed by atoms with van der Waals surface area (Å²) in [6, 6.07) is 13.9. The van der Waals surface area contributed by atoms with Crippen molar-refractivity contribution < 1.29 is 23.7 Å². The summed E-state index contributed by atoms with van der Waals surface area (Å²) in [5.74, 6) is 2.02. The van der Waals surface area contributed by atoms with Crippen molar-refractivity contribution in [1.29, 1.82) is 0 Å². The maximum atomic E-state index is 13.0. The molecule has 0 bridgehead atoms. The maximum Gasteiger partial charge on any atom is 0.270 e. The second-order valence-corrected chi connectivity index (χ2v) is 9.24. The van der Waals surface area contributed by atoms with Crippen molar-refractivity contribution in [3.63, 3.8) is 0 Å². The zero-order chi connectivity index (χ0) is 24.0. The first kappa shape index (κ1) is 24.0. The highest BCUT2D eigenvalue weighted by Crippen LogP contribution is 2.39. The second kappa shape index (κ2) is 10.9. The van der Waals surface area contributed by atoms with Crippen LogP contribution >= 0.6 is 11.3 Å². The van der Waals surface area contributed by atoms with E-state index in [1.165, 1.54) is 11.3 Å². The molecule has 1 amide bonds. The van der Waals surface area contributed by atoms with Gasteiger partial charge in [-0.15, -0.1) is 11.3 Å². The summed E-state index contributed by atoms with van der Waals surface area (Å²) < 4.78 is 21.7. The number of hydrogen-bond donors (Lipinski definition) is 1. The SMILES string of the molecule is COc1ccc(Cc2nc(C(=O)NCC3(c4ccc(OC)c(OC)c4)CCOCC3)cs2)cc1. The first-order chi connectivity index (χ1) is 16.6. The molecule has 0 spiro atoms. The van der Waals surface area contributed by atoms with Crippen LogP contribution < -0.4 is 19.5 Å². The smallest absolute Gasteiger partial charge is 0.270 e. The number of benzene rings is 2. The monoisotopic (exact) mass is 482 g/mol. The average Bonchev–Trinajstić information content (AvgIpc) is 3.36. The molecule has 8 heteroatoms. The van der Waals surface area contributed by atoms with Gasteiger partial charge >= 0.3 is 0 Å². The van der Waals surface area contributed by atoms with Crippen molar-refractivity contribution in [3.8, 4) is 17.2 Å². The molecule has 0 radical (unpaired) electrons. The van der Waals surface area contributed by atoms with Gasteiger partial charge < -0.3 is 24.3 Å². The van der Waals surface area contributed by atoms with Crippen LogP contribution in [-0.4, -0.2) is 52.0 Å². The topological polar surface area (TPSA) is 78.9 Å².